The fraction of sp³-hybridized carbons (Fsp3) is 0.600. The van der Waals surface area contributed by atoms with Crippen LogP contribution in [-0.2, 0) is 9.59 Å². The highest BCUT2D eigenvalue weighted by Crippen LogP contribution is 2.58. The van der Waals surface area contributed by atoms with Crippen molar-refractivity contribution in [1.29, 1.82) is 0 Å². The molecule has 3 aliphatic rings. The topological polar surface area (TPSA) is 34.1 Å². The third-order valence-corrected chi connectivity index (χ3v) is 5.25. The molecule has 74 valence electrons. The molecular formula is C10H8Br2O2. The van der Waals surface area contributed by atoms with E-state index in [0.29, 0.717) is 11.8 Å². The van der Waals surface area contributed by atoms with Gasteiger partial charge in [0.1, 0.15) is 0 Å². The van der Waals surface area contributed by atoms with Crippen LogP contribution in [0.5, 0.6) is 0 Å². The summed E-state index contributed by atoms with van der Waals surface area (Å²) in [6.45, 7) is 0. The number of carbonyl (C=O) groups excluding carboxylic acids is 2. The van der Waals surface area contributed by atoms with Gasteiger partial charge in [0, 0.05) is 11.8 Å². The summed E-state index contributed by atoms with van der Waals surface area (Å²) >= 11 is 6.40. The van der Waals surface area contributed by atoms with Gasteiger partial charge in [-0.05, 0) is 18.3 Å². The molecule has 0 aromatic carbocycles. The van der Waals surface area contributed by atoms with Crippen LogP contribution in [-0.4, -0.2) is 14.8 Å². The molecule has 2 saturated carbocycles. The predicted octanol–water partition coefficient (Wildman–Crippen LogP) is 2.06. The number of rotatable bonds is 0. The summed E-state index contributed by atoms with van der Waals surface area (Å²) in [5, 5.41) is 0. The van der Waals surface area contributed by atoms with E-state index in [0.717, 1.165) is 6.42 Å². The monoisotopic (exact) mass is 318 g/mol. The van der Waals surface area contributed by atoms with Crippen molar-refractivity contribution >= 4 is 43.4 Å². The molecule has 2 fully saturated rings. The number of allylic oxidation sites excluding steroid dienone is 2. The first-order chi connectivity index (χ1) is 6.53. The number of ketones is 2. The molecule has 0 saturated heterocycles. The summed E-state index contributed by atoms with van der Waals surface area (Å²) in [6.07, 6.45) is 5.18. The van der Waals surface area contributed by atoms with Crippen LogP contribution < -0.4 is 0 Å². The molecular weight excluding hydrogens is 312 g/mol. The molecule has 14 heavy (non-hydrogen) atoms. The summed E-state index contributed by atoms with van der Waals surface area (Å²) in [7, 11) is 0. The minimum absolute atomic E-state index is 0.0179. The van der Waals surface area contributed by atoms with Gasteiger partial charge in [-0.1, -0.05) is 44.0 Å². The second kappa shape index (κ2) is 2.59. The Morgan fingerprint density at radius 3 is 1.93 bits per heavy atom. The Hall–Kier alpha value is 0.0400. The first-order valence-corrected chi connectivity index (χ1v) is 6.27. The van der Waals surface area contributed by atoms with E-state index >= 15 is 0 Å². The van der Waals surface area contributed by atoms with Crippen molar-refractivity contribution in [1.82, 2.24) is 0 Å². The van der Waals surface area contributed by atoms with Gasteiger partial charge in [-0.2, -0.15) is 0 Å². The molecule has 4 heteroatoms. The van der Waals surface area contributed by atoms with Gasteiger partial charge < -0.3 is 0 Å². The van der Waals surface area contributed by atoms with Crippen LogP contribution in [0.1, 0.15) is 6.42 Å². The maximum absolute atomic E-state index is 12.0. The molecule has 0 aromatic rings. The quantitative estimate of drug-likeness (QED) is 0.389. The second-order valence-corrected chi connectivity index (χ2v) is 7.75. The molecule has 4 atom stereocenters. The standard InChI is InChI=1S/C10H8Br2O2/c11-10(12)8(13)6-4-1-2-5(3-4)7(6)9(10)14/h1-2,4-7H,3H2/t4-,5-,6+,7+/m0/s1. The molecule has 0 amide bonds. The molecule has 0 aromatic heterocycles. The third-order valence-electron chi connectivity index (χ3n) is 3.68. The summed E-state index contributed by atoms with van der Waals surface area (Å²) in [5.41, 5.74) is 0. The van der Waals surface area contributed by atoms with Crippen LogP contribution in [0.15, 0.2) is 12.2 Å². The van der Waals surface area contributed by atoms with Gasteiger partial charge in [0.05, 0.1) is 0 Å². The van der Waals surface area contributed by atoms with Crippen molar-refractivity contribution in [2.75, 3.05) is 0 Å². The molecule has 0 aliphatic heterocycles. The Morgan fingerprint density at radius 1 is 1.07 bits per heavy atom. The lowest BCUT2D eigenvalue weighted by Crippen LogP contribution is -2.30. The Kier molecular flexibility index (Phi) is 1.71. The lowest BCUT2D eigenvalue weighted by atomic mass is 9.85. The molecule has 2 bridgehead atoms. The van der Waals surface area contributed by atoms with Gasteiger partial charge in [0.25, 0.3) is 0 Å². The Bertz CT molecular complexity index is 340. The Balaban J connectivity index is 2.11. The van der Waals surface area contributed by atoms with Crippen molar-refractivity contribution in [3.05, 3.63) is 12.2 Å². The van der Waals surface area contributed by atoms with Gasteiger partial charge in [-0.25, -0.2) is 0 Å². The summed E-state index contributed by atoms with van der Waals surface area (Å²) in [4.78, 5) is 23.9. The molecule has 2 nitrogen and oxygen atoms in total. The molecule has 3 rings (SSSR count). The lowest BCUT2D eigenvalue weighted by molar-refractivity contribution is -0.123. The van der Waals surface area contributed by atoms with Crippen molar-refractivity contribution in [3.8, 4) is 0 Å². The van der Waals surface area contributed by atoms with Gasteiger partial charge in [-0.15, -0.1) is 0 Å². The van der Waals surface area contributed by atoms with Crippen molar-refractivity contribution in [2.45, 2.75) is 9.65 Å². The van der Waals surface area contributed by atoms with Gasteiger partial charge in [0.2, 0.25) is 0 Å². The maximum Gasteiger partial charge on any atom is 0.196 e. The number of hydrogen-bond donors (Lipinski definition) is 0. The average molecular weight is 320 g/mol. The van der Waals surface area contributed by atoms with E-state index in [4.69, 9.17) is 0 Å². The van der Waals surface area contributed by atoms with Crippen molar-refractivity contribution in [3.63, 3.8) is 0 Å². The minimum Gasteiger partial charge on any atom is -0.296 e. The SMILES string of the molecule is O=C1[C@H]2[C@H](C(=O)C1(Br)Br)[C@H]1C=C[C@H]2C1. The summed E-state index contributed by atoms with van der Waals surface area (Å²) in [6, 6.07) is 0. The van der Waals surface area contributed by atoms with E-state index in [-0.39, 0.29) is 23.4 Å². The number of halogens is 2. The largest absolute Gasteiger partial charge is 0.296 e. The maximum atomic E-state index is 12.0. The first-order valence-electron chi connectivity index (χ1n) is 4.68. The van der Waals surface area contributed by atoms with Crippen LogP contribution in [0.3, 0.4) is 0 Å². The third kappa shape index (κ3) is 0.871. The van der Waals surface area contributed by atoms with E-state index < -0.39 is 3.23 Å². The number of Topliss-reactive ketones (excluding diaryl/α,β-unsaturated/α-hetero) is 2. The Morgan fingerprint density at radius 2 is 1.50 bits per heavy atom. The first kappa shape index (κ1) is 9.28. The van der Waals surface area contributed by atoms with Gasteiger partial charge in [0.15, 0.2) is 14.8 Å². The number of fused-ring (bicyclic) bond motifs is 5. The molecule has 0 N–H and O–H groups in total. The van der Waals surface area contributed by atoms with Gasteiger partial charge in [-0.3, -0.25) is 9.59 Å². The smallest absolute Gasteiger partial charge is 0.196 e. The van der Waals surface area contributed by atoms with Gasteiger partial charge >= 0.3 is 0 Å². The predicted molar refractivity (Wildman–Crippen MR) is 58.3 cm³/mol. The summed E-state index contributed by atoms with van der Waals surface area (Å²) in [5.74, 6) is 0.498. The minimum atomic E-state index is -1.09. The fourth-order valence-corrected chi connectivity index (χ4v) is 4.13. The normalized spacial score (nSPS) is 47.6. The summed E-state index contributed by atoms with van der Waals surface area (Å²) < 4.78 is -1.09. The zero-order valence-corrected chi connectivity index (χ0v) is 10.4. The number of hydrogen-bond acceptors (Lipinski definition) is 2. The van der Waals surface area contributed by atoms with E-state index in [1.165, 1.54) is 0 Å². The molecule has 0 radical (unpaired) electrons. The molecule has 0 unspecified atom stereocenters. The van der Waals surface area contributed by atoms with Crippen molar-refractivity contribution < 1.29 is 9.59 Å². The molecule has 3 aliphatic carbocycles. The Labute approximate surface area is 98.4 Å². The van der Waals surface area contributed by atoms with Crippen LogP contribution >= 0.6 is 31.9 Å². The van der Waals surface area contributed by atoms with Crippen LogP contribution in [0, 0.1) is 23.7 Å². The highest BCUT2D eigenvalue weighted by atomic mass is 79.9. The average Bonchev–Trinajstić information content (AvgIpc) is 2.76. The molecule has 0 heterocycles. The van der Waals surface area contributed by atoms with Crippen LogP contribution in [0.25, 0.3) is 0 Å². The van der Waals surface area contributed by atoms with Crippen molar-refractivity contribution in [2.24, 2.45) is 23.7 Å². The number of carbonyl (C=O) groups is 2. The second-order valence-electron chi connectivity index (χ2n) is 4.30. The highest BCUT2D eigenvalue weighted by molar-refractivity contribution is 9.26. The van der Waals surface area contributed by atoms with E-state index in [2.05, 4.69) is 44.0 Å². The molecule has 0 spiro atoms. The van der Waals surface area contributed by atoms with E-state index in [1.807, 2.05) is 0 Å². The lowest BCUT2D eigenvalue weighted by Gasteiger charge is -2.16. The van der Waals surface area contributed by atoms with E-state index in [9.17, 15) is 9.59 Å². The van der Waals surface area contributed by atoms with Crippen LogP contribution in [0.4, 0.5) is 0 Å². The fourth-order valence-electron chi connectivity index (χ4n) is 3.08. The van der Waals surface area contributed by atoms with E-state index in [1.54, 1.807) is 0 Å². The zero-order chi connectivity index (χ0) is 10.1. The zero-order valence-electron chi connectivity index (χ0n) is 7.24. The number of alkyl halides is 2. The van der Waals surface area contributed by atoms with Crippen LogP contribution in [0.2, 0.25) is 0 Å². The highest BCUT2D eigenvalue weighted by Gasteiger charge is 2.65.